The van der Waals surface area contributed by atoms with Crippen LogP contribution in [-0.2, 0) is 21.0 Å². The van der Waals surface area contributed by atoms with Crippen molar-refractivity contribution in [1.82, 2.24) is 0 Å². The average molecular weight is 310 g/mol. The van der Waals surface area contributed by atoms with E-state index in [4.69, 9.17) is 13.0 Å². The maximum absolute atomic E-state index is 10.7. The second kappa shape index (κ2) is 7.55. The van der Waals surface area contributed by atoms with Gasteiger partial charge in [0.05, 0.1) is 0 Å². The molecule has 1 aliphatic heterocycles. The van der Waals surface area contributed by atoms with Crippen LogP contribution in [0, 0.1) is 0 Å². The first-order valence-corrected chi connectivity index (χ1v) is 8.83. The Labute approximate surface area is 106 Å². The minimum atomic E-state index is -6.09. The van der Waals surface area contributed by atoms with Crippen LogP contribution in [0.15, 0.2) is 12.7 Å². The van der Waals surface area contributed by atoms with Crippen LogP contribution in [0.25, 0.3) is 0 Å². The molecule has 0 amide bonds. The smallest absolute Gasteiger partial charge is 0.485 e. The summed E-state index contributed by atoms with van der Waals surface area (Å²) in [5.41, 5.74) is -5.65. The van der Waals surface area contributed by atoms with Crippen LogP contribution in [0.4, 0.5) is 13.2 Å². The number of hydrogen-bond acceptors (Lipinski definition) is 4. The highest BCUT2D eigenvalue weighted by atomic mass is 32.2. The highest BCUT2D eigenvalue weighted by Gasteiger charge is 2.36. The van der Waals surface area contributed by atoms with Gasteiger partial charge in [0.1, 0.15) is 11.5 Å². The Morgan fingerprint density at radius 2 is 2.00 bits per heavy atom. The predicted octanol–water partition coefficient (Wildman–Crippen LogP) is 1.94. The third-order valence-electron chi connectivity index (χ3n) is 1.61. The molecule has 0 bridgehead atoms. The number of hydrogen-bond donors (Lipinski definition) is 0. The Balaban J connectivity index is 0.000000304. The highest BCUT2D eigenvalue weighted by Crippen LogP contribution is 2.20. The first kappa shape index (κ1) is 17.1. The fourth-order valence-corrected chi connectivity index (χ4v) is 4.75. The lowest BCUT2D eigenvalue weighted by atomic mass is 10.6. The quantitative estimate of drug-likeness (QED) is 0.338. The molecule has 9 heteroatoms. The van der Waals surface area contributed by atoms with Gasteiger partial charge in [-0.15, -0.1) is 11.8 Å². The van der Waals surface area contributed by atoms with Gasteiger partial charge in [0.2, 0.25) is 0 Å². The molecule has 0 aromatic heterocycles. The van der Waals surface area contributed by atoms with Gasteiger partial charge in [0.25, 0.3) is 0 Å². The van der Waals surface area contributed by atoms with Crippen LogP contribution in [0.2, 0.25) is 0 Å². The maximum Gasteiger partial charge on any atom is 0.485 e. The van der Waals surface area contributed by atoms with E-state index in [1.54, 1.807) is 0 Å². The van der Waals surface area contributed by atoms with Gasteiger partial charge in [-0.3, -0.25) is 0 Å². The summed E-state index contributed by atoms with van der Waals surface area (Å²) in [7, 11) is -5.39. The van der Waals surface area contributed by atoms with Gasteiger partial charge < -0.3 is 4.55 Å². The molecule has 102 valence electrons. The first-order chi connectivity index (χ1) is 7.68. The summed E-state index contributed by atoms with van der Waals surface area (Å²) in [4.78, 5) is 0. The fraction of sp³-hybridized carbons (Fsp3) is 0.750. The Hall–Kier alpha value is 0.140. The van der Waals surface area contributed by atoms with Gasteiger partial charge in [0, 0.05) is 23.1 Å². The summed E-state index contributed by atoms with van der Waals surface area (Å²) >= 11 is 2.11. The van der Waals surface area contributed by atoms with Crippen LogP contribution < -0.4 is 0 Å². The molecular formula is C8H13F3O3S3. The lowest BCUT2D eigenvalue weighted by molar-refractivity contribution is -0.0517. The van der Waals surface area contributed by atoms with Crippen molar-refractivity contribution in [2.24, 2.45) is 0 Å². The SMILES string of the molecule is C=CC[S+]1CCCSC1.O=S(=O)([O-])C(F)(F)F. The Kier molecular flexibility index (Phi) is 7.61. The van der Waals surface area contributed by atoms with Gasteiger partial charge in [-0.05, 0) is 6.08 Å². The molecule has 1 saturated heterocycles. The van der Waals surface area contributed by atoms with Gasteiger partial charge in [0.15, 0.2) is 15.2 Å². The van der Waals surface area contributed by atoms with Crippen molar-refractivity contribution >= 4 is 32.8 Å². The third-order valence-corrected chi connectivity index (χ3v) is 6.33. The van der Waals surface area contributed by atoms with Gasteiger partial charge in [-0.1, -0.05) is 6.58 Å². The third kappa shape index (κ3) is 7.96. The lowest BCUT2D eigenvalue weighted by Gasteiger charge is -2.10. The fourth-order valence-electron chi connectivity index (χ4n) is 0.899. The predicted molar refractivity (Wildman–Crippen MR) is 65.0 cm³/mol. The summed E-state index contributed by atoms with van der Waals surface area (Å²) < 4.78 is 58.9. The Morgan fingerprint density at radius 3 is 2.29 bits per heavy atom. The van der Waals surface area contributed by atoms with Crippen LogP contribution in [0.1, 0.15) is 6.42 Å². The average Bonchev–Trinajstić information content (AvgIpc) is 2.17. The van der Waals surface area contributed by atoms with Crippen LogP contribution in [0.3, 0.4) is 0 Å². The van der Waals surface area contributed by atoms with Crippen molar-refractivity contribution < 1.29 is 26.1 Å². The van der Waals surface area contributed by atoms with E-state index in [-0.39, 0.29) is 0 Å². The van der Waals surface area contributed by atoms with E-state index in [2.05, 4.69) is 24.4 Å². The van der Waals surface area contributed by atoms with E-state index in [0.717, 1.165) is 0 Å². The minimum Gasteiger partial charge on any atom is -0.741 e. The monoisotopic (exact) mass is 310 g/mol. The molecule has 0 spiro atoms. The standard InChI is InChI=1S/C7H13S2.CHF3O3S/c1-2-5-9-6-3-4-8-7-9;2-1(3,4)8(5,6)7/h2H,1,3-7H2;(H,5,6,7)/q+1;/p-1. The molecular weight excluding hydrogens is 297 g/mol. The molecule has 17 heavy (non-hydrogen) atoms. The zero-order valence-electron chi connectivity index (χ0n) is 8.90. The normalized spacial score (nSPS) is 21.3. The van der Waals surface area contributed by atoms with Crippen molar-refractivity contribution in [1.29, 1.82) is 0 Å². The largest absolute Gasteiger partial charge is 0.741 e. The van der Waals surface area contributed by atoms with Crippen LogP contribution >= 0.6 is 11.8 Å². The minimum absolute atomic E-state index is 0.700. The van der Waals surface area contributed by atoms with Crippen molar-refractivity contribution in [3.8, 4) is 0 Å². The summed E-state index contributed by atoms with van der Waals surface area (Å²) in [6, 6.07) is 0. The number of alkyl halides is 3. The molecule has 1 aliphatic rings. The van der Waals surface area contributed by atoms with Crippen molar-refractivity contribution in [2.45, 2.75) is 11.9 Å². The molecule has 1 atom stereocenters. The molecule has 1 fully saturated rings. The molecule has 1 rings (SSSR count). The van der Waals surface area contributed by atoms with Gasteiger partial charge in [-0.25, -0.2) is 8.42 Å². The molecule has 0 N–H and O–H groups in total. The first-order valence-electron chi connectivity index (χ1n) is 4.53. The molecule has 0 aromatic rings. The highest BCUT2D eigenvalue weighted by molar-refractivity contribution is 8.15. The number of rotatable bonds is 2. The topological polar surface area (TPSA) is 57.2 Å². The van der Waals surface area contributed by atoms with Gasteiger partial charge >= 0.3 is 5.51 Å². The van der Waals surface area contributed by atoms with Gasteiger partial charge in [-0.2, -0.15) is 13.2 Å². The molecule has 1 unspecified atom stereocenters. The Bertz CT molecular complexity index is 321. The maximum atomic E-state index is 10.7. The summed E-state index contributed by atoms with van der Waals surface area (Å²) in [5, 5.41) is 1.39. The van der Waals surface area contributed by atoms with Crippen molar-refractivity contribution in [3.05, 3.63) is 12.7 Å². The summed E-state index contributed by atoms with van der Waals surface area (Å²) in [5.74, 6) is 4.10. The van der Waals surface area contributed by atoms with Crippen molar-refractivity contribution in [3.63, 3.8) is 0 Å². The summed E-state index contributed by atoms with van der Waals surface area (Å²) in [6.07, 6.45) is 3.50. The summed E-state index contributed by atoms with van der Waals surface area (Å²) in [6.45, 7) is 3.75. The van der Waals surface area contributed by atoms with Crippen LogP contribution in [-0.4, -0.2) is 40.8 Å². The molecule has 0 aliphatic carbocycles. The molecule has 0 aromatic carbocycles. The molecule has 1 heterocycles. The molecule has 0 saturated carbocycles. The molecule has 3 nitrogen and oxygen atoms in total. The van der Waals surface area contributed by atoms with E-state index in [0.29, 0.717) is 10.9 Å². The second-order valence-corrected chi connectivity index (χ2v) is 8.15. The van der Waals surface area contributed by atoms with E-state index in [1.165, 1.54) is 28.8 Å². The molecule has 0 radical (unpaired) electrons. The van der Waals surface area contributed by atoms with E-state index >= 15 is 0 Å². The van der Waals surface area contributed by atoms with Crippen molar-refractivity contribution in [2.75, 3.05) is 22.3 Å². The van der Waals surface area contributed by atoms with E-state index < -0.39 is 15.6 Å². The zero-order chi connectivity index (χ0) is 13.5. The number of thioether (sulfide) groups is 1. The zero-order valence-corrected chi connectivity index (χ0v) is 11.4. The number of halogens is 3. The Morgan fingerprint density at radius 1 is 1.47 bits per heavy atom. The van der Waals surface area contributed by atoms with E-state index in [1.807, 2.05) is 0 Å². The van der Waals surface area contributed by atoms with Crippen LogP contribution in [0.5, 0.6) is 0 Å². The second-order valence-electron chi connectivity index (χ2n) is 3.05. The lowest BCUT2D eigenvalue weighted by Crippen LogP contribution is -2.21. The van der Waals surface area contributed by atoms with E-state index in [9.17, 15) is 13.2 Å².